The Hall–Kier alpha value is 0.170. The molecule has 0 fully saturated rings. The van der Waals surface area contributed by atoms with E-state index in [9.17, 15) is 0 Å². The Morgan fingerprint density at radius 2 is 2.18 bits per heavy atom. The summed E-state index contributed by atoms with van der Waals surface area (Å²) in [6.45, 7) is 0. The molecule has 0 bridgehead atoms. The molecule has 0 unspecified atom stereocenters. The maximum Gasteiger partial charge on any atom is 1.00 e. The van der Waals surface area contributed by atoms with Crippen LogP contribution >= 0.6 is 15.9 Å². The minimum Gasteiger partial charge on any atom is -1.00 e. The van der Waals surface area contributed by atoms with Crippen molar-refractivity contribution in [3.05, 3.63) is 29.0 Å². The summed E-state index contributed by atoms with van der Waals surface area (Å²) in [7, 11) is 0. The molecular formula is C7H6BrN2Na. The van der Waals surface area contributed by atoms with Gasteiger partial charge in [-0.3, -0.25) is 0 Å². The van der Waals surface area contributed by atoms with E-state index in [1.54, 1.807) is 0 Å². The molecule has 0 aromatic carbocycles. The SMILES string of the molecule is Brc1ccc2cc[nH]c2n1.[H-].[Na+]. The van der Waals surface area contributed by atoms with Crippen molar-refractivity contribution in [1.29, 1.82) is 0 Å². The Morgan fingerprint density at radius 3 is 3.00 bits per heavy atom. The average molecular weight is 221 g/mol. The fourth-order valence-corrected chi connectivity index (χ4v) is 1.22. The molecule has 0 aliphatic heterocycles. The zero-order chi connectivity index (χ0) is 6.97. The quantitative estimate of drug-likeness (QED) is 0.469. The van der Waals surface area contributed by atoms with Gasteiger partial charge in [0.2, 0.25) is 0 Å². The number of hydrogen-bond donors (Lipinski definition) is 1. The number of aromatic amines is 1. The molecule has 0 amide bonds. The third-order valence-corrected chi connectivity index (χ3v) is 1.82. The molecule has 0 saturated carbocycles. The van der Waals surface area contributed by atoms with Crippen LogP contribution in [-0.4, -0.2) is 9.97 Å². The van der Waals surface area contributed by atoms with Crippen LogP contribution in [0.2, 0.25) is 0 Å². The van der Waals surface area contributed by atoms with Crippen LogP contribution in [0.15, 0.2) is 29.0 Å². The second-order valence-electron chi connectivity index (χ2n) is 2.05. The van der Waals surface area contributed by atoms with E-state index in [2.05, 4.69) is 25.9 Å². The van der Waals surface area contributed by atoms with Crippen LogP contribution in [0, 0.1) is 0 Å². The number of fused-ring (bicyclic) bond motifs is 1. The van der Waals surface area contributed by atoms with Crippen molar-refractivity contribution in [2.24, 2.45) is 0 Å². The van der Waals surface area contributed by atoms with E-state index in [0.29, 0.717) is 0 Å². The number of pyridine rings is 1. The summed E-state index contributed by atoms with van der Waals surface area (Å²) in [5.41, 5.74) is 0.925. The Labute approximate surface area is 96.3 Å². The number of aromatic nitrogens is 2. The van der Waals surface area contributed by atoms with Crippen LogP contribution in [0.1, 0.15) is 1.43 Å². The number of nitrogens with one attached hydrogen (secondary N) is 1. The summed E-state index contributed by atoms with van der Waals surface area (Å²) in [6, 6.07) is 5.94. The fourth-order valence-electron chi connectivity index (χ4n) is 0.907. The van der Waals surface area contributed by atoms with Crippen LogP contribution in [0.5, 0.6) is 0 Å². The number of halogens is 1. The van der Waals surface area contributed by atoms with E-state index in [0.717, 1.165) is 15.6 Å². The molecule has 4 heteroatoms. The standard InChI is InChI=1S/C7H5BrN2.Na.H/c8-6-2-1-5-3-4-9-7(5)10-6;;/h1-4H,(H,9,10);;/q;+1;-1. The summed E-state index contributed by atoms with van der Waals surface area (Å²) < 4.78 is 0.863. The van der Waals surface area contributed by atoms with Gasteiger partial charge in [0.25, 0.3) is 0 Å². The van der Waals surface area contributed by atoms with Crippen molar-refractivity contribution < 1.29 is 31.0 Å². The third-order valence-electron chi connectivity index (χ3n) is 1.38. The second-order valence-corrected chi connectivity index (χ2v) is 2.86. The minimum absolute atomic E-state index is 0. The third kappa shape index (κ3) is 1.85. The van der Waals surface area contributed by atoms with Crippen molar-refractivity contribution >= 4 is 27.0 Å². The van der Waals surface area contributed by atoms with Gasteiger partial charge in [-0.15, -0.1) is 0 Å². The molecule has 2 nitrogen and oxygen atoms in total. The Kier molecular flexibility index (Phi) is 3.13. The van der Waals surface area contributed by atoms with Gasteiger partial charge in [0, 0.05) is 11.6 Å². The topological polar surface area (TPSA) is 28.7 Å². The Morgan fingerprint density at radius 1 is 1.36 bits per heavy atom. The van der Waals surface area contributed by atoms with Gasteiger partial charge in [0.05, 0.1) is 0 Å². The summed E-state index contributed by atoms with van der Waals surface area (Å²) in [6.07, 6.45) is 1.88. The number of H-pyrrole nitrogens is 1. The molecule has 0 radical (unpaired) electrons. The van der Waals surface area contributed by atoms with Crippen LogP contribution in [-0.2, 0) is 0 Å². The van der Waals surface area contributed by atoms with E-state index in [1.165, 1.54) is 0 Å². The van der Waals surface area contributed by atoms with E-state index in [-0.39, 0.29) is 31.0 Å². The monoisotopic (exact) mass is 220 g/mol. The van der Waals surface area contributed by atoms with Crippen molar-refractivity contribution in [2.45, 2.75) is 0 Å². The van der Waals surface area contributed by atoms with Gasteiger partial charge in [-0.25, -0.2) is 4.98 Å². The Balaban J connectivity index is 0.000000605. The number of rotatable bonds is 0. The predicted octanol–water partition coefficient (Wildman–Crippen LogP) is -0.558. The molecular weight excluding hydrogens is 215 g/mol. The number of nitrogens with zero attached hydrogens (tertiary/aromatic N) is 1. The second kappa shape index (κ2) is 3.72. The maximum atomic E-state index is 4.20. The molecule has 0 atom stereocenters. The van der Waals surface area contributed by atoms with Crippen LogP contribution in [0.3, 0.4) is 0 Å². The van der Waals surface area contributed by atoms with Crippen molar-refractivity contribution in [2.75, 3.05) is 0 Å². The van der Waals surface area contributed by atoms with Crippen molar-refractivity contribution in [3.63, 3.8) is 0 Å². The molecule has 2 aromatic heterocycles. The number of hydrogen-bond acceptors (Lipinski definition) is 1. The predicted molar refractivity (Wildman–Crippen MR) is 44.9 cm³/mol. The summed E-state index contributed by atoms with van der Waals surface area (Å²) in [5.74, 6) is 0. The van der Waals surface area contributed by atoms with E-state index in [1.807, 2.05) is 24.4 Å². The average Bonchev–Trinajstić information content (AvgIpc) is 2.33. The summed E-state index contributed by atoms with van der Waals surface area (Å²) >= 11 is 3.29. The summed E-state index contributed by atoms with van der Waals surface area (Å²) in [4.78, 5) is 7.22. The minimum atomic E-state index is 0. The van der Waals surface area contributed by atoms with Crippen LogP contribution < -0.4 is 29.6 Å². The van der Waals surface area contributed by atoms with Crippen LogP contribution in [0.25, 0.3) is 11.0 Å². The maximum absolute atomic E-state index is 4.20. The molecule has 52 valence electrons. The first-order chi connectivity index (χ1) is 4.86. The van der Waals surface area contributed by atoms with E-state index < -0.39 is 0 Å². The van der Waals surface area contributed by atoms with Gasteiger partial charge >= 0.3 is 29.6 Å². The zero-order valence-electron chi connectivity index (χ0n) is 7.13. The van der Waals surface area contributed by atoms with Crippen LogP contribution in [0.4, 0.5) is 0 Å². The summed E-state index contributed by atoms with van der Waals surface area (Å²) in [5, 5.41) is 1.14. The smallest absolute Gasteiger partial charge is 1.00 e. The van der Waals surface area contributed by atoms with Gasteiger partial charge in [-0.1, -0.05) is 0 Å². The fraction of sp³-hybridized carbons (Fsp3) is 0. The molecule has 0 saturated heterocycles. The molecule has 0 aliphatic carbocycles. The van der Waals surface area contributed by atoms with E-state index >= 15 is 0 Å². The van der Waals surface area contributed by atoms with Crippen molar-refractivity contribution in [3.8, 4) is 0 Å². The van der Waals surface area contributed by atoms with Gasteiger partial charge in [-0.05, 0) is 34.1 Å². The molecule has 0 aliphatic rings. The molecule has 2 heterocycles. The van der Waals surface area contributed by atoms with Gasteiger partial charge < -0.3 is 6.41 Å². The normalized spacial score (nSPS) is 9.55. The largest absolute Gasteiger partial charge is 1.00 e. The van der Waals surface area contributed by atoms with Crippen molar-refractivity contribution in [1.82, 2.24) is 9.97 Å². The van der Waals surface area contributed by atoms with Gasteiger partial charge in [0.1, 0.15) is 10.3 Å². The zero-order valence-corrected chi connectivity index (χ0v) is 9.72. The van der Waals surface area contributed by atoms with E-state index in [4.69, 9.17) is 0 Å². The Bertz CT molecular complexity index is 363. The van der Waals surface area contributed by atoms with Gasteiger partial charge in [0.15, 0.2) is 0 Å². The molecule has 2 rings (SSSR count). The first kappa shape index (κ1) is 9.26. The first-order valence-electron chi connectivity index (χ1n) is 2.96. The molecule has 2 aromatic rings. The first-order valence-corrected chi connectivity index (χ1v) is 3.75. The molecule has 11 heavy (non-hydrogen) atoms. The molecule has 0 spiro atoms. The van der Waals surface area contributed by atoms with Gasteiger partial charge in [-0.2, -0.15) is 0 Å². The molecule has 1 N–H and O–H groups in total.